The summed E-state index contributed by atoms with van der Waals surface area (Å²) in [5.74, 6) is 0.540. The number of amides is 1. The standard InChI is InChI=1S/C26H20ClN3O2/c1-32-20-13-12-19-14-21(25(27)28-22(19)15-20)24-16-23(17-8-4-2-5-9-17)29-30(24)26(31)18-10-6-3-7-11-18/h2-15,24H,16H2,1H3/t24-/m0/s1. The zero-order chi connectivity index (χ0) is 22.1. The lowest BCUT2D eigenvalue weighted by Crippen LogP contribution is -2.27. The zero-order valence-electron chi connectivity index (χ0n) is 17.4. The molecule has 0 fully saturated rings. The van der Waals surface area contributed by atoms with E-state index in [2.05, 4.69) is 4.98 Å². The van der Waals surface area contributed by atoms with E-state index in [1.165, 1.54) is 5.01 Å². The molecule has 3 aromatic carbocycles. The van der Waals surface area contributed by atoms with Gasteiger partial charge in [0, 0.05) is 29.0 Å². The number of methoxy groups -OCH3 is 1. The van der Waals surface area contributed by atoms with Crippen LogP contribution >= 0.6 is 11.6 Å². The van der Waals surface area contributed by atoms with E-state index in [1.807, 2.05) is 72.8 Å². The van der Waals surface area contributed by atoms with Crippen LogP contribution in [0, 0.1) is 0 Å². The molecular weight excluding hydrogens is 422 g/mol. The second-order valence-electron chi connectivity index (χ2n) is 7.58. The Morgan fingerprint density at radius 2 is 1.72 bits per heavy atom. The molecule has 0 bridgehead atoms. The van der Waals surface area contributed by atoms with Gasteiger partial charge >= 0.3 is 0 Å². The van der Waals surface area contributed by atoms with E-state index >= 15 is 0 Å². The molecule has 0 N–H and O–H groups in total. The van der Waals surface area contributed by atoms with Gasteiger partial charge in [-0.1, -0.05) is 60.1 Å². The Morgan fingerprint density at radius 1 is 1.00 bits per heavy atom. The van der Waals surface area contributed by atoms with E-state index in [9.17, 15) is 4.79 Å². The molecular formula is C26H20ClN3O2. The van der Waals surface area contributed by atoms with E-state index in [4.69, 9.17) is 21.4 Å². The van der Waals surface area contributed by atoms with Crippen molar-refractivity contribution in [1.29, 1.82) is 0 Å². The molecule has 5 nitrogen and oxygen atoms in total. The van der Waals surface area contributed by atoms with Gasteiger partial charge in [0.1, 0.15) is 10.9 Å². The van der Waals surface area contributed by atoms with Crippen molar-refractivity contribution in [2.75, 3.05) is 7.11 Å². The summed E-state index contributed by atoms with van der Waals surface area (Å²) < 4.78 is 5.30. The summed E-state index contributed by atoms with van der Waals surface area (Å²) in [5.41, 5.74) is 3.90. The normalized spacial score (nSPS) is 15.6. The van der Waals surface area contributed by atoms with Gasteiger partial charge in [-0.2, -0.15) is 5.10 Å². The van der Waals surface area contributed by atoms with Crippen molar-refractivity contribution in [3.63, 3.8) is 0 Å². The van der Waals surface area contributed by atoms with Gasteiger partial charge in [0.2, 0.25) is 0 Å². The first-order valence-electron chi connectivity index (χ1n) is 10.3. The molecule has 1 aliphatic heterocycles. The minimum absolute atomic E-state index is 0.174. The fraction of sp³-hybridized carbons (Fsp3) is 0.115. The lowest BCUT2D eigenvalue weighted by atomic mass is 9.98. The fourth-order valence-electron chi connectivity index (χ4n) is 3.96. The van der Waals surface area contributed by atoms with Gasteiger partial charge in [-0.05, 0) is 35.9 Å². The maximum absolute atomic E-state index is 13.4. The Bertz CT molecular complexity index is 1320. The highest BCUT2D eigenvalue weighted by atomic mass is 35.5. The lowest BCUT2D eigenvalue weighted by molar-refractivity contribution is 0.0711. The molecule has 6 heteroatoms. The topological polar surface area (TPSA) is 54.8 Å². The number of fused-ring (bicyclic) bond motifs is 1. The average Bonchev–Trinajstić information content (AvgIpc) is 3.29. The molecule has 0 saturated heterocycles. The first-order valence-corrected chi connectivity index (χ1v) is 10.7. The fourth-order valence-corrected chi connectivity index (χ4v) is 4.23. The zero-order valence-corrected chi connectivity index (χ0v) is 18.2. The predicted octanol–water partition coefficient (Wildman–Crippen LogP) is 5.89. The Labute approximate surface area is 190 Å². The maximum atomic E-state index is 13.4. The lowest BCUT2D eigenvalue weighted by Gasteiger charge is -2.23. The number of aromatic nitrogens is 1. The van der Waals surface area contributed by atoms with Gasteiger partial charge in [0.25, 0.3) is 5.91 Å². The minimum atomic E-state index is -0.357. The molecule has 0 spiro atoms. The number of ether oxygens (including phenoxy) is 1. The summed E-state index contributed by atoms with van der Waals surface area (Å²) in [6, 6.07) is 26.4. The minimum Gasteiger partial charge on any atom is -0.497 e. The second kappa shape index (κ2) is 8.44. The molecule has 1 aliphatic rings. The van der Waals surface area contributed by atoms with Crippen LogP contribution in [0.15, 0.2) is 90.0 Å². The van der Waals surface area contributed by atoms with Crippen molar-refractivity contribution in [2.45, 2.75) is 12.5 Å². The van der Waals surface area contributed by atoms with E-state index in [0.717, 1.165) is 27.7 Å². The van der Waals surface area contributed by atoms with Gasteiger partial charge in [0.15, 0.2) is 0 Å². The third-order valence-corrected chi connectivity index (χ3v) is 5.91. The first kappa shape index (κ1) is 20.2. The Hall–Kier alpha value is -3.70. The number of benzene rings is 3. The molecule has 0 saturated carbocycles. The summed E-state index contributed by atoms with van der Waals surface area (Å²) in [6.45, 7) is 0. The smallest absolute Gasteiger partial charge is 0.274 e. The third kappa shape index (κ3) is 3.72. The number of rotatable bonds is 4. The average molecular weight is 442 g/mol. The number of hydrogen-bond donors (Lipinski definition) is 0. The van der Waals surface area contributed by atoms with E-state index in [-0.39, 0.29) is 11.9 Å². The molecule has 158 valence electrons. The van der Waals surface area contributed by atoms with Crippen LogP contribution in [0.4, 0.5) is 0 Å². The number of nitrogens with zero attached hydrogens (tertiary/aromatic N) is 3. The number of pyridine rings is 1. The maximum Gasteiger partial charge on any atom is 0.274 e. The summed E-state index contributed by atoms with van der Waals surface area (Å²) in [5, 5.41) is 7.55. The molecule has 0 radical (unpaired) electrons. The molecule has 0 unspecified atom stereocenters. The predicted molar refractivity (Wildman–Crippen MR) is 126 cm³/mol. The largest absolute Gasteiger partial charge is 0.497 e. The van der Waals surface area contributed by atoms with Gasteiger partial charge in [-0.15, -0.1) is 0 Å². The number of halogens is 1. The second-order valence-corrected chi connectivity index (χ2v) is 7.93. The van der Waals surface area contributed by atoms with Crippen LogP contribution < -0.4 is 4.74 Å². The molecule has 4 aromatic rings. The molecule has 1 amide bonds. The molecule has 32 heavy (non-hydrogen) atoms. The number of hydrazone groups is 1. The van der Waals surface area contributed by atoms with Gasteiger partial charge in [0.05, 0.1) is 24.4 Å². The Kier molecular flexibility index (Phi) is 5.33. The van der Waals surface area contributed by atoms with Crippen LogP contribution in [0.2, 0.25) is 5.15 Å². The monoisotopic (exact) mass is 441 g/mol. The third-order valence-electron chi connectivity index (χ3n) is 5.61. The van der Waals surface area contributed by atoms with Crippen LogP contribution in [-0.2, 0) is 0 Å². The summed E-state index contributed by atoms with van der Waals surface area (Å²) in [7, 11) is 1.62. The number of hydrogen-bond acceptors (Lipinski definition) is 4. The van der Waals surface area contributed by atoms with Crippen molar-refractivity contribution < 1.29 is 9.53 Å². The van der Waals surface area contributed by atoms with Crippen molar-refractivity contribution in [1.82, 2.24) is 9.99 Å². The van der Waals surface area contributed by atoms with Crippen molar-refractivity contribution in [3.05, 3.63) is 107 Å². The molecule has 1 aromatic heterocycles. The van der Waals surface area contributed by atoms with Gasteiger partial charge < -0.3 is 4.74 Å². The molecule has 2 heterocycles. The highest BCUT2D eigenvalue weighted by molar-refractivity contribution is 6.30. The quantitative estimate of drug-likeness (QED) is 0.371. The summed E-state index contributed by atoms with van der Waals surface area (Å²) in [6.07, 6.45) is 0.547. The van der Waals surface area contributed by atoms with Crippen molar-refractivity contribution in [2.24, 2.45) is 5.10 Å². The molecule has 1 atom stereocenters. The van der Waals surface area contributed by atoms with Crippen LogP contribution in [0.25, 0.3) is 10.9 Å². The van der Waals surface area contributed by atoms with E-state index < -0.39 is 0 Å². The van der Waals surface area contributed by atoms with E-state index in [0.29, 0.717) is 22.9 Å². The molecule has 5 rings (SSSR count). The SMILES string of the molecule is COc1ccc2cc([C@@H]3CC(c4ccccc4)=NN3C(=O)c3ccccc3)c(Cl)nc2c1. The van der Waals surface area contributed by atoms with Gasteiger partial charge in [-0.25, -0.2) is 9.99 Å². The highest BCUT2D eigenvalue weighted by Crippen LogP contribution is 2.38. The van der Waals surface area contributed by atoms with E-state index in [1.54, 1.807) is 19.2 Å². The number of carbonyl (C=O) groups excluding carboxylic acids is 1. The number of carbonyl (C=O) groups is 1. The summed E-state index contributed by atoms with van der Waals surface area (Å²) >= 11 is 6.65. The first-order chi connectivity index (χ1) is 15.6. The van der Waals surface area contributed by atoms with Crippen LogP contribution in [0.5, 0.6) is 5.75 Å². The van der Waals surface area contributed by atoms with Crippen molar-refractivity contribution >= 4 is 34.1 Å². The Morgan fingerprint density at radius 3 is 2.44 bits per heavy atom. The molecule has 0 aliphatic carbocycles. The van der Waals surface area contributed by atoms with Crippen molar-refractivity contribution in [3.8, 4) is 5.75 Å². The van der Waals surface area contributed by atoms with Crippen LogP contribution in [0.3, 0.4) is 0 Å². The van der Waals surface area contributed by atoms with Gasteiger partial charge in [-0.3, -0.25) is 4.79 Å². The van der Waals surface area contributed by atoms with Crippen LogP contribution in [-0.4, -0.2) is 28.7 Å². The Balaban J connectivity index is 1.59. The van der Waals surface area contributed by atoms with Crippen LogP contribution in [0.1, 0.15) is 33.9 Å². The highest BCUT2D eigenvalue weighted by Gasteiger charge is 2.35. The summed E-state index contributed by atoms with van der Waals surface area (Å²) in [4.78, 5) is 18.0.